The number of carbonyl (C=O) groups is 1. The van der Waals surface area contributed by atoms with E-state index in [2.05, 4.69) is 9.97 Å². The van der Waals surface area contributed by atoms with Gasteiger partial charge in [0.1, 0.15) is 0 Å². The van der Waals surface area contributed by atoms with Crippen LogP contribution in [0, 0.1) is 0 Å². The number of ketones is 1. The first-order valence-electron chi connectivity index (χ1n) is 5.19. The van der Waals surface area contributed by atoms with Gasteiger partial charge in [-0.3, -0.25) is 14.8 Å². The monoisotopic (exact) mass is 212 g/mol. The van der Waals surface area contributed by atoms with Gasteiger partial charge >= 0.3 is 0 Å². The minimum absolute atomic E-state index is 0.145. The van der Waals surface area contributed by atoms with Gasteiger partial charge in [-0.15, -0.1) is 0 Å². The summed E-state index contributed by atoms with van der Waals surface area (Å²) in [5.74, 6) is 0.145. The number of aromatic nitrogens is 2. The molecule has 80 valence electrons. The van der Waals surface area contributed by atoms with Crippen molar-refractivity contribution in [2.24, 2.45) is 0 Å². The Balaban J connectivity index is 1.95. The van der Waals surface area contributed by atoms with Crippen LogP contribution in [0.2, 0.25) is 0 Å². The lowest BCUT2D eigenvalue weighted by molar-refractivity contribution is 0.0982. The molecule has 0 bridgehead atoms. The molecule has 0 aliphatic rings. The molecule has 3 heteroatoms. The molecule has 0 aliphatic carbocycles. The van der Waals surface area contributed by atoms with Crippen LogP contribution in [0.3, 0.4) is 0 Å². The molecular formula is C13H12N2O. The van der Waals surface area contributed by atoms with Crippen LogP contribution >= 0.6 is 0 Å². The molecule has 1 heterocycles. The second kappa shape index (κ2) is 5.16. The Morgan fingerprint density at radius 2 is 1.94 bits per heavy atom. The summed E-state index contributed by atoms with van der Waals surface area (Å²) < 4.78 is 0. The summed E-state index contributed by atoms with van der Waals surface area (Å²) >= 11 is 0. The van der Waals surface area contributed by atoms with Crippen molar-refractivity contribution < 1.29 is 4.79 Å². The molecular weight excluding hydrogens is 200 g/mol. The number of benzene rings is 1. The Bertz CT molecular complexity index is 454. The number of carbonyl (C=O) groups excluding carboxylic acids is 1. The summed E-state index contributed by atoms with van der Waals surface area (Å²) in [6.07, 6.45) is 6.08. The topological polar surface area (TPSA) is 42.9 Å². The normalized spacial score (nSPS) is 10.0. The van der Waals surface area contributed by atoms with Crippen LogP contribution in [0.25, 0.3) is 0 Å². The molecule has 0 N–H and O–H groups in total. The summed E-state index contributed by atoms with van der Waals surface area (Å²) in [6.45, 7) is 0. The molecule has 0 atom stereocenters. The summed E-state index contributed by atoms with van der Waals surface area (Å²) in [6, 6.07) is 9.31. The Hall–Kier alpha value is -2.03. The minimum Gasteiger partial charge on any atom is -0.294 e. The lowest BCUT2D eigenvalue weighted by atomic mass is 10.1. The highest BCUT2D eigenvalue weighted by Gasteiger charge is 2.05. The highest BCUT2D eigenvalue weighted by Crippen LogP contribution is 2.05. The van der Waals surface area contributed by atoms with Crippen molar-refractivity contribution in [3.63, 3.8) is 0 Å². The van der Waals surface area contributed by atoms with Gasteiger partial charge in [-0.05, 0) is 6.42 Å². The maximum Gasteiger partial charge on any atom is 0.163 e. The van der Waals surface area contributed by atoms with Crippen molar-refractivity contribution in [1.29, 1.82) is 0 Å². The third kappa shape index (κ3) is 2.73. The van der Waals surface area contributed by atoms with Crippen LogP contribution in [-0.4, -0.2) is 15.8 Å². The van der Waals surface area contributed by atoms with E-state index >= 15 is 0 Å². The molecule has 1 aromatic carbocycles. The second-order valence-electron chi connectivity index (χ2n) is 3.49. The van der Waals surface area contributed by atoms with Crippen LogP contribution in [0.5, 0.6) is 0 Å². The molecule has 2 rings (SSSR count). The fraction of sp³-hybridized carbons (Fsp3) is 0.154. The zero-order valence-electron chi connectivity index (χ0n) is 8.84. The van der Waals surface area contributed by atoms with E-state index in [4.69, 9.17) is 0 Å². The first-order chi connectivity index (χ1) is 7.86. The van der Waals surface area contributed by atoms with E-state index in [9.17, 15) is 4.79 Å². The lowest BCUT2D eigenvalue weighted by Crippen LogP contribution is -2.02. The van der Waals surface area contributed by atoms with Gasteiger partial charge in [-0.1, -0.05) is 30.3 Å². The first kappa shape index (κ1) is 10.5. The SMILES string of the molecule is O=C(CCc1cnccn1)c1ccccc1. The lowest BCUT2D eigenvalue weighted by Gasteiger charge is -2.00. The number of aryl methyl sites for hydroxylation is 1. The Kier molecular flexibility index (Phi) is 3.38. The van der Waals surface area contributed by atoms with E-state index in [1.165, 1.54) is 0 Å². The van der Waals surface area contributed by atoms with Gasteiger partial charge in [0.25, 0.3) is 0 Å². The molecule has 0 saturated heterocycles. The molecule has 0 fully saturated rings. The smallest absolute Gasteiger partial charge is 0.163 e. The van der Waals surface area contributed by atoms with E-state index in [-0.39, 0.29) is 5.78 Å². The predicted molar refractivity (Wildman–Crippen MR) is 61.1 cm³/mol. The third-order valence-electron chi connectivity index (χ3n) is 2.32. The zero-order valence-corrected chi connectivity index (χ0v) is 8.84. The molecule has 16 heavy (non-hydrogen) atoms. The number of hydrogen-bond acceptors (Lipinski definition) is 3. The van der Waals surface area contributed by atoms with Gasteiger partial charge in [0.15, 0.2) is 5.78 Å². The van der Waals surface area contributed by atoms with E-state index in [0.29, 0.717) is 12.8 Å². The van der Waals surface area contributed by atoms with E-state index < -0.39 is 0 Å². The van der Waals surface area contributed by atoms with Gasteiger partial charge in [-0.2, -0.15) is 0 Å². The van der Waals surface area contributed by atoms with Crippen LogP contribution in [-0.2, 0) is 6.42 Å². The molecule has 1 aromatic heterocycles. The molecule has 3 nitrogen and oxygen atoms in total. The average Bonchev–Trinajstić information content (AvgIpc) is 2.38. The standard InChI is InChI=1S/C13H12N2O/c16-13(11-4-2-1-3-5-11)7-6-12-10-14-8-9-15-12/h1-5,8-10H,6-7H2. The van der Waals surface area contributed by atoms with Crippen molar-refractivity contribution in [3.05, 3.63) is 60.2 Å². The molecule has 2 aromatic rings. The van der Waals surface area contributed by atoms with Crippen LogP contribution in [0.4, 0.5) is 0 Å². The molecule has 0 spiro atoms. The average molecular weight is 212 g/mol. The fourth-order valence-corrected chi connectivity index (χ4v) is 1.47. The number of nitrogens with zero attached hydrogens (tertiary/aromatic N) is 2. The van der Waals surface area contributed by atoms with Gasteiger partial charge in [0.2, 0.25) is 0 Å². The van der Waals surface area contributed by atoms with Crippen molar-refractivity contribution in [2.45, 2.75) is 12.8 Å². The minimum atomic E-state index is 0.145. The van der Waals surface area contributed by atoms with Crippen LogP contribution < -0.4 is 0 Å². The van der Waals surface area contributed by atoms with Gasteiger partial charge in [0.05, 0.1) is 5.69 Å². The largest absolute Gasteiger partial charge is 0.294 e. The highest BCUT2D eigenvalue weighted by atomic mass is 16.1. The van der Waals surface area contributed by atoms with Gasteiger partial charge < -0.3 is 0 Å². The maximum absolute atomic E-state index is 11.8. The van der Waals surface area contributed by atoms with Crippen molar-refractivity contribution in [3.8, 4) is 0 Å². The Morgan fingerprint density at radius 1 is 1.12 bits per heavy atom. The van der Waals surface area contributed by atoms with Gasteiger partial charge in [0, 0.05) is 30.6 Å². The number of hydrogen-bond donors (Lipinski definition) is 0. The summed E-state index contributed by atoms with van der Waals surface area (Å²) in [5, 5.41) is 0. The van der Waals surface area contributed by atoms with Crippen LogP contribution in [0.15, 0.2) is 48.9 Å². The fourth-order valence-electron chi connectivity index (χ4n) is 1.47. The molecule has 0 aliphatic heterocycles. The quantitative estimate of drug-likeness (QED) is 0.730. The first-order valence-corrected chi connectivity index (χ1v) is 5.19. The van der Waals surface area contributed by atoms with E-state index in [1.807, 2.05) is 30.3 Å². The molecule has 0 radical (unpaired) electrons. The number of Topliss-reactive ketones (excluding diaryl/α,β-unsaturated/α-hetero) is 1. The van der Waals surface area contributed by atoms with E-state index in [1.54, 1.807) is 18.6 Å². The molecule has 0 unspecified atom stereocenters. The zero-order chi connectivity index (χ0) is 11.2. The second-order valence-corrected chi connectivity index (χ2v) is 3.49. The van der Waals surface area contributed by atoms with E-state index in [0.717, 1.165) is 11.3 Å². The molecule has 0 saturated carbocycles. The van der Waals surface area contributed by atoms with Gasteiger partial charge in [-0.25, -0.2) is 0 Å². The Labute approximate surface area is 94.2 Å². The summed E-state index contributed by atoms with van der Waals surface area (Å²) in [4.78, 5) is 19.9. The van der Waals surface area contributed by atoms with Crippen molar-refractivity contribution in [2.75, 3.05) is 0 Å². The predicted octanol–water partition coefficient (Wildman–Crippen LogP) is 2.29. The van der Waals surface area contributed by atoms with Crippen molar-refractivity contribution in [1.82, 2.24) is 9.97 Å². The van der Waals surface area contributed by atoms with Crippen molar-refractivity contribution >= 4 is 5.78 Å². The summed E-state index contributed by atoms with van der Waals surface area (Å²) in [7, 11) is 0. The van der Waals surface area contributed by atoms with Crippen LogP contribution in [0.1, 0.15) is 22.5 Å². The number of rotatable bonds is 4. The summed E-state index contributed by atoms with van der Waals surface area (Å²) in [5.41, 5.74) is 1.61. The highest BCUT2D eigenvalue weighted by molar-refractivity contribution is 5.96. The Morgan fingerprint density at radius 3 is 2.62 bits per heavy atom. The maximum atomic E-state index is 11.8. The third-order valence-corrected chi connectivity index (χ3v) is 2.32. The molecule has 0 amide bonds.